The van der Waals surface area contributed by atoms with E-state index >= 15 is 0 Å². The van der Waals surface area contributed by atoms with Crippen molar-refractivity contribution in [2.45, 2.75) is 85.5 Å². The van der Waals surface area contributed by atoms with Crippen LogP contribution in [-0.2, 0) is 26.5 Å². The molecule has 1 aliphatic rings. The predicted octanol–water partition coefficient (Wildman–Crippen LogP) is 13.0. The molecule has 0 radical (unpaired) electrons. The zero-order valence-corrected chi connectivity index (χ0v) is 35.4. The number of rotatable bonds is 8. The monoisotopic (exact) mass is 905 g/mol. The van der Waals surface area contributed by atoms with Crippen LogP contribution in [0.4, 0.5) is 22.9 Å². The average Bonchev–Trinajstić information content (AvgIpc) is 3.70. The first kappa shape index (κ1) is 38.3. The van der Waals surface area contributed by atoms with Crippen LogP contribution in [0.25, 0.3) is 27.6 Å². The van der Waals surface area contributed by atoms with Crippen molar-refractivity contribution in [3.05, 3.63) is 144 Å². The Morgan fingerprint density at radius 2 is 1.40 bits per heavy atom. The number of nitrogens with zero attached hydrogens (tertiary/aromatic N) is 5. The summed E-state index contributed by atoms with van der Waals surface area (Å²) in [4.78, 5) is 14.2. The van der Waals surface area contributed by atoms with Crippen molar-refractivity contribution >= 4 is 44.7 Å². The van der Waals surface area contributed by atoms with Gasteiger partial charge >= 0.3 is 0 Å². The number of para-hydroxylation sites is 1. The number of aromatic nitrogens is 3. The van der Waals surface area contributed by atoms with E-state index in [9.17, 15) is 0 Å². The van der Waals surface area contributed by atoms with Gasteiger partial charge in [-0.05, 0) is 81.1 Å². The SMILES string of the molecule is CC(C)c1cc(C(C)C)c(N2[CH-]N(c3[c-]c(Oc4[c-]c5c(cc4)c4ccccc4n5-c4cc(C(C)(C)C)ccn4)ccc3)c3ncccc32)c(C(C)C)c1.[Pt]. The van der Waals surface area contributed by atoms with Gasteiger partial charge in [-0.3, -0.25) is 0 Å². The van der Waals surface area contributed by atoms with Crippen molar-refractivity contribution in [1.29, 1.82) is 0 Å². The second kappa shape index (κ2) is 15.0. The molecule has 4 aromatic carbocycles. The van der Waals surface area contributed by atoms with Crippen molar-refractivity contribution in [1.82, 2.24) is 14.5 Å². The van der Waals surface area contributed by atoms with E-state index in [1.54, 1.807) is 0 Å². The summed E-state index contributed by atoms with van der Waals surface area (Å²) in [7, 11) is 0. The molecule has 0 saturated heterocycles. The number of hydrogen-bond acceptors (Lipinski definition) is 5. The Morgan fingerprint density at radius 1 is 0.673 bits per heavy atom. The fraction of sp³-hybridized carbons (Fsp3) is 0.271. The van der Waals surface area contributed by atoms with E-state index in [-0.39, 0.29) is 26.5 Å². The molecule has 0 unspecified atom stereocenters. The molecule has 3 aromatic heterocycles. The number of pyridine rings is 2. The summed E-state index contributed by atoms with van der Waals surface area (Å²) in [6, 6.07) is 38.9. The minimum Gasteiger partial charge on any atom is -0.509 e. The zero-order chi connectivity index (χ0) is 37.9. The maximum Gasteiger partial charge on any atom is 0.135 e. The standard InChI is InChI=1S/C48H48N5O.Pt/c1-30(2)33-24-40(31(3)4)46(41(25-33)32(5)6)52-29-51(47-43(52)18-13-22-50-47)35-14-12-15-36(27-35)54-37-19-20-39-38-16-10-11-17-42(38)53(44(39)28-37)45-26-34(21-23-49-45)48(7,8)9;/h10-26,29-32H,1-9H3;/q-3;. The summed E-state index contributed by atoms with van der Waals surface area (Å²) < 4.78 is 8.76. The number of anilines is 4. The molecule has 0 spiro atoms. The van der Waals surface area contributed by atoms with Gasteiger partial charge in [0.15, 0.2) is 0 Å². The minimum absolute atomic E-state index is 0. The fourth-order valence-electron chi connectivity index (χ4n) is 7.48. The molecule has 8 rings (SSSR count). The number of ether oxygens (including phenoxy) is 1. The molecule has 0 saturated carbocycles. The first-order valence-corrected chi connectivity index (χ1v) is 19.1. The maximum atomic E-state index is 6.57. The minimum atomic E-state index is -0.0130. The molecular weight excluding hydrogens is 858 g/mol. The van der Waals surface area contributed by atoms with Crippen LogP contribution < -0.4 is 14.5 Å². The van der Waals surface area contributed by atoms with Crippen LogP contribution >= 0.6 is 0 Å². The van der Waals surface area contributed by atoms with Crippen molar-refractivity contribution in [2.24, 2.45) is 0 Å². The summed E-state index contributed by atoms with van der Waals surface area (Å²) in [5, 5.41) is 2.24. The molecule has 0 bridgehead atoms. The molecule has 6 nitrogen and oxygen atoms in total. The van der Waals surface area contributed by atoms with Gasteiger partial charge in [0.1, 0.15) is 11.6 Å². The Kier molecular flexibility index (Phi) is 10.4. The van der Waals surface area contributed by atoms with Gasteiger partial charge in [0, 0.05) is 56.2 Å². The molecule has 0 atom stereocenters. The van der Waals surface area contributed by atoms with E-state index in [1.807, 2.05) is 36.7 Å². The molecule has 1 aliphatic heterocycles. The van der Waals surface area contributed by atoms with Crippen molar-refractivity contribution in [3.8, 4) is 17.3 Å². The predicted molar refractivity (Wildman–Crippen MR) is 223 cm³/mol. The molecular formula is C48H48N5OPt-3. The summed E-state index contributed by atoms with van der Waals surface area (Å²) in [5.41, 5.74) is 10.3. The average molecular weight is 906 g/mol. The Hall–Kier alpha value is -4.93. The molecule has 0 amide bonds. The third kappa shape index (κ3) is 7.06. The van der Waals surface area contributed by atoms with Gasteiger partial charge in [-0.15, -0.1) is 42.4 Å². The Morgan fingerprint density at radius 3 is 2.11 bits per heavy atom. The Bertz CT molecular complexity index is 2480. The summed E-state index contributed by atoms with van der Waals surface area (Å²) in [5.74, 6) is 4.03. The van der Waals surface area contributed by atoms with Gasteiger partial charge in [-0.25, -0.2) is 9.97 Å². The van der Waals surface area contributed by atoms with Crippen LogP contribution in [0.3, 0.4) is 0 Å². The summed E-state index contributed by atoms with van der Waals surface area (Å²) in [6.07, 6.45) is 3.75. The quantitative estimate of drug-likeness (QED) is 0.142. The molecule has 0 fully saturated rings. The van der Waals surface area contributed by atoms with Crippen LogP contribution in [0, 0.1) is 18.8 Å². The van der Waals surface area contributed by atoms with Gasteiger partial charge < -0.3 is 19.1 Å². The summed E-state index contributed by atoms with van der Waals surface area (Å²) >= 11 is 0. The molecule has 284 valence electrons. The fourth-order valence-corrected chi connectivity index (χ4v) is 7.48. The number of fused-ring (bicyclic) bond motifs is 4. The largest absolute Gasteiger partial charge is 0.509 e. The smallest absolute Gasteiger partial charge is 0.135 e. The zero-order valence-electron chi connectivity index (χ0n) is 33.1. The molecule has 4 heterocycles. The third-order valence-electron chi connectivity index (χ3n) is 10.5. The normalized spacial score (nSPS) is 13.0. The second-order valence-corrected chi connectivity index (χ2v) is 16.3. The molecule has 0 aliphatic carbocycles. The van der Waals surface area contributed by atoms with Crippen molar-refractivity contribution in [3.63, 3.8) is 0 Å². The summed E-state index contributed by atoms with van der Waals surface area (Å²) in [6.45, 7) is 22.5. The first-order valence-electron chi connectivity index (χ1n) is 19.1. The van der Waals surface area contributed by atoms with Gasteiger partial charge in [-0.2, -0.15) is 12.1 Å². The van der Waals surface area contributed by atoms with E-state index in [4.69, 9.17) is 14.7 Å². The topological polar surface area (TPSA) is 46.4 Å². The molecule has 7 heteroatoms. The molecule has 0 N–H and O–H groups in total. The Labute approximate surface area is 340 Å². The Balaban J connectivity index is 0.00000465. The molecule has 7 aromatic rings. The maximum absolute atomic E-state index is 6.57. The van der Waals surface area contributed by atoms with Gasteiger partial charge in [-0.1, -0.05) is 104 Å². The second-order valence-electron chi connectivity index (χ2n) is 16.3. The van der Waals surface area contributed by atoms with Crippen molar-refractivity contribution in [2.75, 3.05) is 9.80 Å². The van der Waals surface area contributed by atoms with Gasteiger partial charge in [0.05, 0.1) is 5.69 Å². The molecule has 55 heavy (non-hydrogen) atoms. The van der Waals surface area contributed by atoms with Crippen LogP contribution in [0.5, 0.6) is 11.5 Å². The van der Waals surface area contributed by atoms with Gasteiger partial charge in [0.25, 0.3) is 0 Å². The third-order valence-corrected chi connectivity index (χ3v) is 10.5. The van der Waals surface area contributed by atoms with E-state index < -0.39 is 0 Å². The van der Waals surface area contributed by atoms with E-state index in [1.165, 1.54) is 27.9 Å². The van der Waals surface area contributed by atoms with Crippen molar-refractivity contribution < 1.29 is 25.8 Å². The van der Waals surface area contributed by atoms with Gasteiger partial charge in [0.2, 0.25) is 0 Å². The van der Waals surface area contributed by atoms with Crippen LogP contribution in [0.15, 0.2) is 103 Å². The van der Waals surface area contributed by atoms with E-state index in [0.717, 1.165) is 44.8 Å². The van der Waals surface area contributed by atoms with E-state index in [2.05, 4.69) is 162 Å². The number of benzene rings is 4. The van der Waals surface area contributed by atoms with Crippen LogP contribution in [0.2, 0.25) is 0 Å². The number of hydrogen-bond donors (Lipinski definition) is 0. The van der Waals surface area contributed by atoms with Crippen LogP contribution in [0.1, 0.15) is 102 Å². The first-order chi connectivity index (χ1) is 25.9. The van der Waals surface area contributed by atoms with Crippen LogP contribution in [-0.4, -0.2) is 14.5 Å². The van der Waals surface area contributed by atoms with E-state index in [0.29, 0.717) is 29.3 Å².